The van der Waals surface area contributed by atoms with Crippen molar-refractivity contribution in [3.8, 4) is 0 Å². The van der Waals surface area contributed by atoms with Gasteiger partial charge in [-0.25, -0.2) is 18.0 Å². The number of amides is 1. The van der Waals surface area contributed by atoms with Crippen molar-refractivity contribution < 1.29 is 32.3 Å². The van der Waals surface area contributed by atoms with Crippen LogP contribution in [0.15, 0.2) is 30.3 Å². The first-order valence-corrected chi connectivity index (χ1v) is 12.1. The highest BCUT2D eigenvalue weighted by Gasteiger charge is 2.31. The van der Waals surface area contributed by atoms with Gasteiger partial charge in [-0.2, -0.15) is 0 Å². The fourth-order valence-corrected chi connectivity index (χ4v) is 5.60. The zero-order valence-electron chi connectivity index (χ0n) is 18.2. The van der Waals surface area contributed by atoms with Gasteiger partial charge in [0.05, 0.1) is 23.7 Å². The van der Waals surface area contributed by atoms with Crippen molar-refractivity contribution in [2.75, 3.05) is 30.0 Å². The van der Waals surface area contributed by atoms with Crippen molar-refractivity contribution in [3.63, 3.8) is 0 Å². The minimum atomic E-state index is -3.06. The van der Waals surface area contributed by atoms with Gasteiger partial charge < -0.3 is 14.0 Å². The molecule has 1 saturated heterocycles. The molecule has 0 bridgehead atoms. The number of nitrogens with zero attached hydrogens (tertiary/aromatic N) is 1. The van der Waals surface area contributed by atoms with Crippen LogP contribution in [0.5, 0.6) is 0 Å². The first-order chi connectivity index (χ1) is 15.1. The molecule has 1 aromatic carbocycles. The predicted molar refractivity (Wildman–Crippen MR) is 118 cm³/mol. The van der Waals surface area contributed by atoms with E-state index in [1.807, 2.05) is 11.5 Å². The lowest BCUT2D eigenvalue weighted by Crippen LogP contribution is -2.17. The molecule has 2 aromatic rings. The summed E-state index contributed by atoms with van der Waals surface area (Å²) in [6.07, 6.45) is -0.129. The van der Waals surface area contributed by atoms with Crippen LogP contribution in [-0.4, -0.2) is 55.6 Å². The van der Waals surface area contributed by atoms with E-state index in [2.05, 4.69) is 5.32 Å². The number of carbonyl (C=O) groups excluding carboxylic acids is 3. The maximum atomic E-state index is 12.7. The minimum Gasteiger partial charge on any atom is -0.454 e. The summed E-state index contributed by atoms with van der Waals surface area (Å²) in [5.41, 5.74) is 2.38. The Hall–Kier alpha value is -3.14. The summed E-state index contributed by atoms with van der Waals surface area (Å²) in [6.45, 7) is 5.02. The third-order valence-electron chi connectivity index (χ3n) is 5.31. The molecule has 9 nitrogen and oxygen atoms in total. The van der Waals surface area contributed by atoms with Gasteiger partial charge in [0.1, 0.15) is 0 Å². The second-order valence-electron chi connectivity index (χ2n) is 7.64. The molecule has 1 aliphatic heterocycles. The number of hydrogen-bond donors (Lipinski definition) is 1. The normalized spacial score (nSPS) is 17.0. The van der Waals surface area contributed by atoms with E-state index in [9.17, 15) is 22.8 Å². The van der Waals surface area contributed by atoms with Gasteiger partial charge in [-0.05, 0) is 51.5 Å². The molecule has 1 N–H and O–H groups in total. The molecule has 1 fully saturated rings. The quantitative estimate of drug-likeness (QED) is 0.496. The summed E-state index contributed by atoms with van der Waals surface area (Å²) in [5.74, 6) is -0.886. The standard InChI is InChI=1S/C22H26N2O7S/c1-4-30-22(27)23-17-7-5-6-16(11-17)21(26)31-12-20(25)19-10-14(2)24(15(19)3)18-8-9-32(28,29)13-18/h5-7,10-11,18H,4,8-9,12-13H2,1-3H3,(H,23,27). The Morgan fingerprint density at radius 2 is 1.91 bits per heavy atom. The first-order valence-electron chi connectivity index (χ1n) is 10.2. The Labute approximate surface area is 186 Å². The number of anilines is 1. The molecule has 172 valence electrons. The highest BCUT2D eigenvalue weighted by atomic mass is 32.2. The number of hydrogen-bond acceptors (Lipinski definition) is 7. The molecular weight excluding hydrogens is 436 g/mol. The summed E-state index contributed by atoms with van der Waals surface area (Å²) < 4.78 is 35.5. The number of Topliss-reactive ketones (excluding diaryl/α,β-unsaturated/α-hetero) is 1. The number of aryl methyl sites for hydroxylation is 1. The van der Waals surface area contributed by atoms with E-state index in [0.29, 0.717) is 23.4 Å². The van der Waals surface area contributed by atoms with Crippen LogP contribution in [0.4, 0.5) is 10.5 Å². The van der Waals surface area contributed by atoms with Gasteiger partial charge in [-0.3, -0.25) is 10.1 Å². The fraction of sp³-hybridized carbons (Fsp3) is 0.409. The van der Waals surface area contributed by atoms with Crippen molar-refractivity contribution in [2.24, 2.45) is 0 Å². The summed E-state index contributed by atoms with van der Waals surface area (Å²) in [5, 5.41) is 2.50. The molecule has 1 amide bonds. The average molecular weight is 463 g/mol. The summed E-state index contributed by atoms with van der Waals surface area (Å²) in [6, 6.07) is 7.60. The Bertz CT molecular complexity index is 1150. The molecule has 0 spiro atoms. The Kier molecular flexibility index (Phi) is 7.02. The monoisotopic (exact) mass is 462 g/mol. The average Bonchev–Trinajstić information content (AvgIpc) is 3.23. The lowest BCUT2D eigenvalue weighted by molar-refractivity contribution is 0.0474. The third-order valence-corrected chi connectivity index (χ3v) is 7.06. The zero-order valence-corrected chi connectivity index (χ0v) is 19.0. The van der Waals surface area contributed by atoms with Gasteiger partial charge in [0, 0.05) is 28.7 Å². The molecule has 1 unspecified atom stereocenters. The molecular formula is C22H26N2O7S. The molecule has 1 aromatic heterocycles. The van der Waals surface area contributed by atoms with Crippen LogP contribution in [0, 0.1) is 13.8 Å². The molecule has 2 heterocycles. The highest BCUT2D eigenvalue weighted by Crippen LogP contribution is 2.29. The van der Waals surface area contributed by atoms with Crippen LogP contribution in [0.3, 0.4) is 0 Å². The summed E-state index contributed by atoms with van der Waals surface area (Å²) in [7, 11) is -3.06. The largest absolute Gasteiger partial charge is 0.454 e. The van der Waals surface area contributed by atoms with Gasteiger partial charge in [0.15, 0.2) is 16.4 Å². The third kappa shape index (κ3) is 5.37. The lowest BCUT2D eigenvalue weighted by atomic mass is 10.1. The molecule has 0 radical (unpaired) electrons. The van der Waals surface area contributed by atoms with Gasteiger partial charge in [0.2, 0.25) is 5.78 Å². The number of nitrogens with one attached hydrogen (secondary N) is 1. The maximum absolute atomic E-state index is 12.7. The number of aromatic nitrogens is 1. The Balaban J connectivity index is 1.66. The zero-order chi connectivity index (χ0) is 23.5. The number of esters is 1. The predicted octanol–water partition coefficient (Wildman–Crippen LogP) is 3.07. The van der Waals surface area contributed by atoms with Gasteiger partial charge in [0.25, 0.3) is 0 Å². The fourth-order valence-electron chi connectivity index (χ4n) is 3.90. The number of rotatable bonds is 7. The summed E-state index contributed by atoms with van der Waals surface area (Å²) in [4.78, 5) is 36.6. The topological polar surface area (TPSA) is 121 Å². The van der Waals surface area contributed by atoms with E-state index < -0.39 is 28.5 Å². The maximum Gasteiger partial charge on any atom is 0.411 e. The van der Waals surface area contributed by atoms with Crippen molar-refractivity contribution in [1.29, 1.82) is 0 Å². The lowest BCUT2D eigenvalue weighted by Gasteiger charge is -2.16. The molecule has 10 heteroatoms. The molecule has 32 heavy (non-hydrogen) atoms. The molecule has 1 aliphatic rings. The van der Waals surface area contributed by atoms with Crippen LogP contribution < -0.4 is 5.32 Å². The molecule has 1 atom stereocenters. The number of benzene rings is 1. The van der Waals surface area contributed by atoms with Crippen LogP contribution in [-0.2, 0) is 19.3 Å². The van der Waals surface area contributed by atoms with Crippen LogP contribution >= 0.6 is 0 Å². The SMILES string of the molecule is CCOC(=O)Nc1cccc(C(=O)OCC(=O)c2cc(C)n(C3CCS(=O)(=O)C3)c2C)c1. The van der Waals surface area contributed by atoms with E-state index in [4.69, 9.17) is 9.47 Å². The van der Waals surface area contributed by atoms with Crippen LogP contribution in [0.25, 0.3) is 0 Å². The number of ketones is 1. The smallest absolute Gasteiger partial charge is 0.411 e. The second-order valence-corrected chi connectivity index (χ2v) is 9.87. The van der Waals surface area contributed by atoms with Gasteiger partial charge in [-0.15, -0.1) is 0 Å². The second kappa shape index (κ2) is 9.56. The Morgan fingerprint density at radius 3 is 2.56 bits per heavy atom. The van der Waals surface area contributed by atoms with Gasteiger partial charge in [-0.1, -0.05) is 6.07 Å². The van der Waals surface area contributed by atoms with E-state index in [1.54, 1.807) is 32.0 Å². The minimum absolute atomic E-state index is 0.0577. The Morgan fingerprint density at radius 1 is 1.16 bits per heavy atom. The van der Waals surface area contributed by atoms with Crippen LogP contribution in [0.2, 0.25) is 0 Å². The number of ether oxygens (including phenoxy) is 2. The highest BCUT2D eigenvalue weighted by molar-refractivity contribution is 7.91. The number of carbonyl (C=O) groups is 3. The van der Waals surface area contributed by atoms with Crippen molar-refractivity contribution in [3.05, 3.63) is 52.8 Å². The molecule has 0 aliphatic carbocycles. The number of sulfone groups is 1. The van der Waals surface area contributed by atoms with E-state index in [1.165, 1.54) is 12.1 Å². The summed E-state index contributed by atoms with van der Waals surface area (Å²) >= 11 is 0. The van der Waals surface area contributed by atoms with Crippen molar-refractivity contribution >= 4 is 33.4 Å². The first kappa shape index (κ1) is 23.5. The van der Waals surface area contributed by atoms with E-state index >= 15 is 0 Å². The van der Waals surface area contributed by atoms with Crippen molar-refractivity contribution in [2.45, 2.75) is 33.2 Å². The van der Waals surface area contributed by atoms with Crippen molar-refractivity contribution in [1.82, 2.24) is 4.57 Å². The van der Waals surface area contributed by atoms with Crippen LogP contribution in [0.1, 0.15) is 51.5 Å². The van der Waals surface area contributed by atoms with E-state index in [-0.39, 0.29) is 35.5 Å². The van der Waals surface area contributed by atoms with E-state index in [0.717, 1.165) is 5.69 Å². The molecule has 0 saturated carbocycles. The molecule has 3 rings (SSSR count). The van der Waals surface area contributed by atoms with Gasteiger partial charge >= 0.3 is 12.1 Å².